The van der Waals surface area contributed by atoms with E-state index >= 15 is 0 Å². The van der Waals surface area contributed by atoms with Crippen LogP contribution in [0.3, 0.4) is 0 Å². The molecule has 0 aliphatic rings. The van der Waals surface area contributed by atoms with Gasteiger partial charge in [0.1, 0.15) is 0 Å². The Labute approximate surface area is 95.4 Å². The van der Waals surface area contributed by atoms with Crippen LogP contribution in [0.15, 0.2) is 18.2 Å². The van der Waals surface area contributed by atoms with Crippen molar-refractivity contribution in [2.75, 3.05) is 7.11 Å². The third kappa shape index (κ3) is 3.19. The fourth-order valence-electron chi connectivity index (χ4n) is 1.49. The number of rotatable bonds is 4. The van der Waals surface area contributed by atoms with Crippen LogP contribution >= 0.6 is 0 Å². The molecular formula is C13H16O3. The second kappa shape index (κ2) is 5.45. The quantitative estimate of drug-likeness (QED) is 0.578. The second-order valence-corrected chi connectivity index (χ2v) is 3.82. The highest BCUT2D eigenvalue weighted by Gasteiger charge is 2.11. The predicted octanol–water partition coefficient (Wildman–Crippen LogP) is 2.44. The number of carbonyl (C=O) groups is 2. The van der Waals surface area contributed by atoms with Gasteiger partial charge < -0.3 is 4.74 Å². The molecule has 16 heavy (non-hydrogen) atoms. The zero-order chi connectivity index (χ0) is 12.1. The lowest BCUT2D eigenvalue weighted by molar-refractivity contribution is -0.140. The number of ether oxygens (including phenoxy) is 1. The molecule has 0 heterocycles. The Morgan fingerprint density at radius 2 is 1.88 bits per heavy atom. The molecule has 3 heteroatoms. The largest absolute Gasteiger partial charge is 0.469 e. The molecule has 0 aliphatic carbocycles. The van der Waals surface area contributed by atoms with Crippen molar-refractivity contribution < 1.29 is 14.3 Å². The summed E-state index contributed by atoms with van der Waals surface area (Å²) in [5.74, 6) is -0.356. The van der Waals surface area contributed by atoms with E-state index in [0.717, 1.165) is 11.1 Å². The number of benzene rings is 1. The molecule has 0 radical (unpaired) electrons. The Hall–Kier alpha value is -1.64. The lowest BCUT2D eigenvalue weighted by atomic mass is 9.99. The van der Waals surface area contributed by atoms with Gasteiger partial charge in [-0.2, -0.15) is 0 Å². The van der Waals surface area contributed by atoms with E-state index in [1.54, 1.807) is 0 Å². The first-order valence-electron chi connectivity index (χ1n) is 5.22. The number of aryl methyl sites for hydroxylation is 2. The number of hydrogen-bond acceptors (Lipinski definition) is 3. The summed E-state index contributed by atoms with van der Waals surface area (Å²) in [6.07, 6.45) is 0.347. The first-order chi connectivity index (χ1) is 7.54. The van der Waals surface area contributed by atoms with Gasteiger partial charge in [0.05, 0.1) is 13.5 Å². The molecule has 0 atom stereocenters. The van der Waals surface area contributed by atoms with Gasteiger partial charge in [0, 0.05) is 12.0 Å². The fourth-order valence-corrected chi connectivity index (χ4v) is 1.49. The van der Waals surface area contributed by atoms with Crippen molar-refractivity contribution >= 4 is 11.8 Å². The summed E-state index contributed by atoms with van der Waals surface area (Å²) in [4.78, 5) is 22.8. The van der Waals surface area contributed by atoms with Crippen LogP contribution in [-0.4, -0.2) is 18.9 Å². The number of esters is 1. The van der Waals surface area contributed by atoms with Crippen molar-refractivity contribution in [2.24, 2.45) is 0 Å². The van der Waals surface area contributed by atoms with Gasteiger partial charge in [-0.05, 0) is 25.5 Å². The van der Waals surface area contributed by atoms with Crippen molar-refractivity contribution in [3.05, 3.63) is 34.9 Å². The molecule has 0 aromatic heterocycles. The van der Waals surface area contributed by atoms with Crippen molar-refractivity contribution in [3.63, 3.8) is 0 Å². The highest BCUT2D eigenvalue weighted by molar-refractivity contribution is 5.98. The van der Waals surface area contributed by atoms with Crippen LogP contribution in [-0.2, 0) is 9.53 Å². The minimum Gasteiger partial charge on any atom is -0.469 e. The molecule has 0 unspecified atom stereocenters. The van der Waals surface area contributed by atoms with E-state index in [-0.39, 0.29) is 24.6 Å². The Morgan fingerprint density at radius 3 is 2.50 bits per heavy atom. The third-order valence-electron chi connectivity index (χ3n) is 2.48. The van der Waals surface area contributed by atoms with Crippen LogP contribution in [0.1, 0.15) is 34.3 Å². The molecule has 0 bridgehead atoms. The van der Waals surface area contributed by atoms with Crippen LogP contribution in [0.2, 0.25) is 0 Å². The summed E-state index contributed by atoms with van der Waals surface area (Å²) in [6.45, 7) is 3.83. The maximum Gasteiger partial charge on any atom is 0.305 e. The Kier molecular flexibility index (Phi) is 4.23. The number of ketones is 1. The maximum atomic E-state index is 11.8. The molecule has 0 saturated carbocycles. The minimum atomic E-state index is -0.348. The molecule has 0 fully saturated rings. The summed E-state index contributed by atoms with van der Waals surface area (Å²) in [5, 5.41) is 0. The highest BCUT2D eigenvalue weighted by Crippen LogP contribution is 2.13. The van der Waals surface area contributed by atoms with Crippen LogP contribution in [0.5, 0.6) is 0 Å². The van der Waals surface area contributed by atoms with Crippen LogP contribution < -0.4 is 0 Å². The molecule has 1 aromatic carbocycles. The Balaban J connectivity index is 2.73. The lowest BCUT2D eigenvalue weighted by Crippen LogP contribution is -2.07. The predicted molar refractivity (Wildman–Crippen MR) is 61.5 cm³/mol. The van der Waals surface area contributed by atoms with Crippen molar-refractivity contribution in [1.29, 1.82) is 0 Å². The molecule has 0 aliphatic heterocycles. The molecule has 0 amide bonds. The monoisotopic (exact) mass is 220 g/mol. The van der Waals surface area contributed by atoms with Crippen molar-refractivity contribution in [2.45, 2.75) is 26.7 Å². The highest BCUT2D eigenvalue weighted by atomic mass is 16.5. The SMILES string of the molecule is COC(=O)CCC(=O)c1cc(C)ccc1C. The average Bonchev–Trinajstić information content (AvgIpc) is 2.28. The number of hydrogen-bond donors (Lipinski definition) is 0. The molecule has 3 nitrogen and oxygen atoms in total. The standard InChI is InChI=1S/C13H16O3/c1-9-4-5-10(2)11(8-9)12(14)6-7-13(15)16-3/h4-5,8H,6-7H2,1-3H3. The summed E-state index contributed by atoms with van der Waals surface area (Å²) >= 11 is 0. The van der Waals surface area contributed by atoms with E-state index < -0.39 is 0 Å². The van der Waals surface area contributed by atoms with Gasteiger partial charge in [0.2, 0.25) is 0 Å². The summed E-state index contributed by atoms with van der Waals surface area (Å²) in [5.41, 5.74) is 2.69. The van der Waals surface area contributed by atoms with Gasteiger partial charge in [0.25, 0.3) is 0 Å². The molecule has 86 valence electrons. The number of carbonyl (C=O) groups excluding carboxylic acids is 2. The van der Waals surface area contributed by atoms with E-state index in [0.29, 0.717) is 5.56 Å². The van der Waals surface area contributed by atoms with E-state index in [2.05, 4.69) is 4.74 Å². The minimum absolute atomic E-state index is 0.00778. The molecule has 0 spiro atoms. The topological polar surface area (TPSA) is 43.4 Å². The molecule has 0 saturated heterocycles. The normalized spacial score (nSPS) is 9.94. The average molecular weight is 220 g/mol. The van der Waals surface area contributed by atoms with Gasteiger partial charge in [-0.3, -0.25) is 9.59 Å². The Morgan fingerprint density at radius 1 is 1.19 bits per heavy atom. The van der Waals surface area contributed by atoms with Crippen LogP contribution in [0.4, 0.5) is 0 Å². The van der Waals surface area contributed by atoms with Gasteiger partial charge in [-0.1, -0.05) is 17.7 Å². The van der Waals surface area contributed by atoms with Crippen molar-refractivity contribution in [1.82, 2.24) is 0 Å². The molecule has 1 rings (SSSR count). The Bertz CT molecular complexity index is 408. The lowest BCUT2D eigenvalue weighted by Gasteiger charge is -2.05. The molecule has 0 N–H and O–H groups in total. The van der Waals surface area contributed by atoms with E-state index in [1.165, 1.54) is 7.11 Å². The van der Waals surface area contributed by atoms with Crippen LogP contribution in [0, 0.1) is 13.8 Å². The first kappa shape index (κ1) is 12.4. The zero-order valence-corrected chi connectivity index (χ0v) is 9.87. The summed E-state index contributed by atoms with van der Waals surface area (Å²) in [6, 6.07) is 5.74. The number of Topliss-reactive ketones (excluding diaryl/α,β-unsaturated/α-hetero) is 1. The van der Waals surface area contributed by atoms with Gasteiger partial charge in [-0.25, -0.2) is 0 Å². The molecule has 1 aromatic rings. The first-order valence-corrected chi connectivity index (χ1v) is 5.22. The van der Waals surface area contributed by atoms with Crippen molar-refractivity contribution in [3.8, 4) is 0 Å². The summed E-state index contributed by atoms with van der Waals surface area (Å²) in [7, 11) is 1.32. The maximum absolute atomic E-state index is 11.8. The van der Waals surface area contributed by atoms with Gasteiger partial charge in [-0.15, -0.1) is 0 Å². The zero-order valence-electron chi connectivity index (χ0n) is 9.87. The molecular weight excluding hydrogens is 204 g/mol. The van der Waals surface area contributed by atoms with Gasteiger partial charge >= 0.3 is 5.97 Å². The second-order valence-electron chi connectivity index (χ2n) is 3.82. The van der Waals surface area contributed by atoms with E-state index in [4.69, 9.17) is 0 Å². The van der Waals surface area contributed by atoms with E-state index in [1.807, 2.05) is 32.0 Å². The fraction of sp³-hybridized carbons (Fsp3) is 0.385. The van der Waals surface area contributed by atoms with E-state index in [9.17, 15) is 9.59 Å². The van der Waals surface area contributed by atoms with Gasteiger partial charge in [0.15, 0.2) is 5.78 Å². The van der Waals surface area contributed by atoms with Crippen LogP contribution in [0.25, 0.3) is 0 Å². The smallest absolute Gasteiger partial charge is 0.305 e. The number of methoxy groups -OCH3 is 1. The third-order valence-corrected chi connectivity index (χ3v) is 2.48. The summed E-state index contributed by atoms with van der Waals surface area (Å²) < 4.78 is 4.50.